The van der Waals surface area contributed by atoms with E-state index in [-0.39, 0.29) is 5.91 Å². The molecule has 1 amide bonds. The van der Waals surface area contributed by atoms with Crippen molar-refractivity contribution in [3.8, 4) is 6.07 Å². The van der Waals surface area contributed by atoms with Crippen molar-refractivity contribution >= 4 is 22.4 Å². The lowest BCUT2D eigenvalue weighted by molar-refractivity contribution is -0.135. The highest BCUT2D eigenvalue weighted by Crippen LogP contribution is 2.29. The number of rotatable bonds is 2. The van der Waals surface area contributed by atoms with E-state index in [9.17, 15) is 10.1 Å². The van der Waals surface area contributed by atoms with Crippen molar-refractivity contribution in [3.05, 3.63) is 11.3 Å². The first-order valence-electron chi connectivity index (χ1n) is 7.19. The first-order chi connectivity index (χ1) is 10.2. The molecule has 0 unspecified atom stereocenters. The van der Waals surface area contributed by atoms with E-state index < -0.39 is 0 Å². The number of aryl methyl sites for hydroxylation is 1. The molecule has 1 aromatic rings. The van der Waals surface area contributed by atoms with Gasteiger partial charge in [-0.05, 0) is 31.3 Å². The van der Waals surface area contributed by atoms with E-state index in [1.807, 2.05) is 16.7 Å². The monoisotopic (exact) mass is 306 g/mol. The number of ether oxygens (including phenoxy) is 1. The van der Waals surface area contributed by atoms with Gasteiger partial charge in [-0.3, -0.25) is 4.79 Å². The van der Waals surface area contributed by atoms with Crippen LogP contribution in [-0.4, -0.2) is 54.1 Å². The fourth-order valence-electron chi connectivity index (χ4n) is 2.94. The number of nitrogens with zero attached hydrogens (tertiary/aromatic N) is 4. The highest BCUT2D eigenvalue weighted by Gasteiger charge is 2.32. The maximum absolute atomic E-state index is 12.4. The number of hydrogen-bond donors (Lipinski definition) is 0. The van der Waals surface area contributed by atoms with Crippen LogP contribution < -0.4 is 4.90 Å². The molecule has 0 spiro atoms. The Hall–Kier alpha value is -1.65. The molecule has 0 radical (unpaired) electrons. The predicted octanol–water partition coefficient (Wildman–Crippen LogP) is 1.15. The molecule has 3 rings (SSSR count). The number of hydrogen-bond acceptors (Lipinski definition) is 6. The Balaban J connectivity index is 1.70. The van der Waals surface area contributed by atoms with Gasteiger partial charge in [-0.2, -0.15) is 9.64 Å². The van der Waals surface area contributed by atoms with Crippen molar-refractivity contribution in [1.82, 2.24) is 9.27 Å². The largest absolute Gasteiger partial charge is 0.381 e. The van der Waals surface area contributed by atoms with Gasteiger partial charge in [-0.15, -0.1) is 0 Å². The second-order valence-corrected chi connectivity index (χ2v) is 6.16. The van der Waals surface area contributed by atoms with Gasteiger partial charge in [0, 0.05) is 32.3 Å². The van der Waals surface area contributed by atoms with Crippen LogP contribution >= 0.6 is 11.5 Å². The van der Waals surface area contributed by atoms with Crippen LogP contribution in [0.4, 0.5) is 5.00 Å². The minimum absolute atomic E-state index is 0.142. The summed E-state index contributed by atoms with van der Waals surface area (Å²) in [7, 11) is 0. The highest BCUT2D eigenvalue weighted by atomic mass is 32.1. The molecule has 2 fully saturated rings. The summed E-state index contributed by atoms with van der Waals surface area (Å²) in [5, 5.41) is 10.0. The average Bonchev–Trinajstić information content (AvgIpc) is 2.89. The zero-order valence-corrected chi connectivity index (χ0v) is 12.9. The number of amides is 1. The van der Waals surface area contributed by atoms with E-state index in [0.717, 1.165) is 43.3 Å². The van der Waals surface area contributed by atoms with Crippen LogP contribution in [0.25, 0.3) is 0 Å². The summed E-state index contributed by atoms with van der Waals surface area (Å²) in [6.07, 6.45) is 1.85. The minimum Gasteiger partial charge on any atom is -0.381 e. The topological polar surface area (TPSA) is 69.5 Å². The molecular formula is C14H18N4O2S. The summed E-state index contributed by atoms with van der Waals surface area (Å²) < 4.78 is 9.59. The van der Waals surface area contributed by atoms with Crippen molar-refractivity contribution in [3.63, 3.8) is 0 Å². The first-order valence-corrected chi connectivity index (χ1v) is 7.96. The summed E-state index contributed by atoms with van der Waals surface area (Å²) in [6.45, 7) is 5.13. The van der Waals surface area contributed by atoms with Gasteiger partial charge in [-0.25, -0.2) is 0 Å². The number of aromatic nitrogens is 1. The predicted molar refractivity (Wildman–Crippen MR) is 79.3 cm³/mol. The van der Waals surface area contributed by atoms with Crippen LogP contribution in [0.1, 0.15) is 24.1 Å². The number of carbonyl (C=O) groups is 1. The Labute approximate surface area is 128 Å². The number of nitriles is 1. The SMILES string of the molecule is Cc1nsc(N2CCN(C3CCOCC3)C(=O)C2)c1C#N. The smallest absolute Gasteiger partial charge is 0.242 e. The van der Waals surface area contributed by atoms with E-state index in [1.54, 1.807) is 0 Å². The first kappa shape index (κ1) is 14.3. The molecule has 0 saturated carbocycles. The van der Waals surface area contributed by atoms with Gasteiger partial charge < -0.3 is 14.5 Å². The summed E-state index contributed by atoms with van der Waals surface area (Å²) >= 11 is 1.31. The Morgan fingerprint density at radius 3 is 2.81 bits per heavy atom. The van der Waals surface area contributed by atoms with Crippen LogP contribution in [0.5, 0.6) is 0 Å². The average molecular weight is 306 g/mol. The van der Waals surface area contributed by atoms with Gasteiger partial charge >= 0.3 is 0 Å². The van der Waals surface area contributed by atoms with Crippen LogP contribution in [0.2, 0.25) is 0 Å². The van der Waals surface area contributed by atoms with Crippen LogP contribution in [0.15, 0.2) is 0 Å². The molecule has 3 heterocycles. The maximum Gasteiger partial charge on any atom is 0.242 e. The van der Waals surface area contributed by atoms with Gasteiger partial charge in [0.1, 0.15) is 16.6 Å². The van der Waals surface area contributed by atoms with Crippen LogP contribution in [0, 0.1) is 18.3 Å². The molecule has 21 heavy (non-hydrogen) atoms. The molecule has 0 N–H and O–H groups in total. The third-order valence-electron chi connectivity index (χ3n) is 4.13. The van der Waals surface area contributed by atoms with Crippen LogP contribution in [0.3, 0.4) is 0 Å². The molecule has 2 saturated heterocycles. The van der Waals surface area contributed by atoms with Gasteiger partial charge in [0.2, 0.25) is 5.91 Å². The second kappa shape index (κ2) is 6.00. The molecule has 0 aromatic carbocycles. The third kappa shape index (κ3) is 2.74. The summed E-state index contributed by atoms with van der Waals surface area (Å²) in [5.41, 5.74) is 1.35. The van der Waals surface area contributed by atoms with Gasteiger partial charge in [0.05, 0.1) is 12.2 Å². The van der Waals surface area contributed by atoms with Crippen molar-refractivity contribution in [1.29, 1.82) is 5.26 Å². The number of carbonyl (C=O) groups excluding carboxylic acids is 1. The lowest BCUT2D eigenvalue weighted by Crippen LogP contribution is -2.55. The molecule has 1 aromatic heterocycles. The molecule has 6 nitrogen and oxygen atoms in total. The molecule has 0 atom stereocenters. The van der Waals surface area contributed by atoms with E-state index >= 15 is 0 Å². The molecule has 2 aliphatic heterocycles. The minimum atomic E-state index is 0.142. The lowest BCUT2D eigenvalue weighted by atomic mass is 10.1. The van der Waals surface area contributed by atoms with Crippen molar-refractivity contribution < 1.29 is 9.53 Å². The van der Waals surface area contributed by atoms with Crippen molar-refractivity contribution in [2.75, 3.05) is 37.7 Å². The maximum atomic E-state index is 12.4. The van der Waals surface area contributed by atoms with Crippen molar-refractivity contribution in [2.24, 2.45) is 0 Å². The molecule has 2 aliphatic rings. The fourth-order valence-corrected chi connectivity index (χ4v) is 3.82. The van der Waals surface area contributed by atoms with E-state index in [4.69, 9.17) is 4.74 Å². The van der Waals surface area contributed by atoms with Gasteiger partial charge in [0.15, 0.2) is 0 Å². The lowest BCUT2D eigenvalue weighted by Gasteiger charge is -2.40. The Morgan fingerprint density at radius 2 is 2.14 bits per heavy atom. The quantitative estimate of drug-likeness (QED) is 0.820. The fraction of sp³-hybridized carbons (Fsp3) is 0.643. The highest BCUT2D eigenvalue weighted by molar-refractivity contribution is 7.10. The summed E-state index contributed by atoms with van der Waals surface area (Å²) in [5.74, 6) is 0.142. The van der Waals surface area contributed by atoms with Gasteiger partial charge in [0.25, 0.3) is 0 Å². The van der Waals surface area contributed by atoms with Gasteiger partial charge in [-0.1, -0.05) is 0 Å². The summed E-state index contributed by atoms with van der Waals surface area (Å²) in [4.78, 5) is 16.4. The molecule has 0 aliphatic carbocycles. The molecule has 0 bridgehead atoms. The zero-order chi connectivity index (χ0) is 14.8. The Kier molecular flexibility index (Phi) is 4.08. The molecular weight excluding hydrogens is 288 g/mol. The molecule has 112 valence electrons. The van der Waals surface area contributed by atoms with Crippen LogP contribution in [-0.2, 0) is 9.53 Å². The van der Waals surface area contributed by atoms with E-state index in [1.165, 1.54) is 11.5 Å². The van der Waals surface area contributed by atoms with E-state index in [2.05, 4.69) is 10.4 Å². The Morgan fingerprint density at radius 1 is 1.38 bits per heavy atom. The second-order valence-electron chi connectivity index (χ2n) is 5.41. The normalized spacial score (nSPS) is 20.7. The van der Waals surface area contributed by atoms with Crippen molar-refractivity contribution in [2.45, 2.75) is 25.8 Å². The molecule has 7 heteroatoms. The number of anilines is 1. The summed E-state index contributed by atoms with van der Waals surface area (Å²) in [6, 6.07) is 2.51. The standard InChI is InChI=1S/C14H18N4O2S/c1-10-12(8-15)14(21-16-10)17-4-5-18(13(19)9-17)11-2-6-20-7-3-11/h11H,2-7,9H2,1H3. The Bertz CT molecular complexity index is 574. The number of piperazine rings is 1. The van der Waals surface area contributed by atoms with E-state index in [0.29, 0.717) is 24.7 Å². The third-order valence-corrected chi connectivity index (χ3v) is 5.13. The zero-order valence-electron chi connectivity index (χ0n) is 12.0.